The van der Waals surface area contributed by atoms with Crippen molar-refractivity contribution in [3.05, 3.63) is 29.8 Å². The van der Waals surface area contributed by atoms with Gasteiger partial charge >= 0.3 is 0 Å². The first-order chi connectivity index (χ1) is 10.1. The number of nitriles is 1. The summed E-state index contributed by atoms with van der Waals surface area (Å²) in [7, 11) is 5.29. The lowest BCUT2D eigenvalue weighted by Crippen LogP contribution is -2.07. The molecule has 7 heteroatoms. The topological polar surface area (TPSA) is 89.3 Å². The van der Waals surface area contributed by atoms with Crippen LogP contribution in [0.15, 0.2) is 29.3 Å². The number of rotatable bonds is 5. The Balaban J connectivity index is 2.26. The number of aliphatic imine (C=N–C) groups is 1. The van der Waals surface area contributed by atoms with Gasteiger partial charge in [0.1, 0.15) is 23.2 Å². The Morgan fingerprint density at radius 2 is 2.29 bits per heavy atom. The zero-order valence-corrected chi connectivity index (χ0v) is 12.1. The Labute approximate surface area is 122 Å². The summed E-state index contributed by atoms with van der Waals surface area (Å²) in [6, 6.07) is 9.49. The predicted molar refractivity (Wildman–Crippen MR) is 81.4 cm³/mol. The van der Waals surface area contributed by atoms with Gasteiger partial charge in [-0.2, -0.15) is 10.4 Å². The quantitative estimate of drug-likeness (QED) is 0.649. The molecule has 0 aliphatic carbocycles. The Kier molecular flexibility index (Phi) is 4.41. The summed E-state index contributed by atoms with van der Waals surface area (Å²) in [5, 5.41) is 19.2. The van der Waals surface area contributed by atoms with Crippen LogP contribution >= 0.6 is 0 Å². The summed E-state index contributed by atoms with van der Waals surface area (Å²) in [4.78, 5) is 5.91. The molecule has 1 aromatic heterocycles. The van der Waals surface area contributed by atoms with Gasteiger partial charge in [0.05, 0.1) is 13.4 Å². The van der Waals surface area contributed by atoms with Gasteiger partial charge in [-0.1, -0.05) is 6.07 Å². The van der Waals surface area contributed by atoms with Crippen LogP contribution in [0.4, 0.5) is 17.3 Å². The molecule has 0 amide bonds. The average Bonchev–Trinajstić information content (AvgIpc) is 2.87. The molecule has 0 bridgehead atoms. The smallest absolute Gasteiger partial charge is 0.195 e. The van der Waals surface area contributed by atoms with E-state index < -0.39 is 0 Å². The minimum Gasteiger partial charge on any atom is -0.497 e. The lowest BCUT2D eigenvalue weighted by atomic mass is 10.2. The van der Waals surface area contributed by atoms with Gasteiger partial charge in [-0.05, 0) is 12.1 Å². The van der Waals surface area contributed by atoms with E-state index in [2.05, 4.69) is 26.6 Å². The van der Waals surface area contributed by atoms with E-state index in [1.165, 1.54) is 0 Å². The second-order valence-electron chi connectivity index (χ2n) is 4.47. The number of methoxy groups -OCH3 is 1. The molecule has 0 saturated carbocycles. The van der Waals surface area contributed by atoms with Crippen molar-refractivity contribution in [2.45, 2.75) is 0 Å². The summed E-state index contributed by atoms with van der Waals surface area (Å²) in [6.45, 7) is 0. The Bertz CT molecular complexity index is 683. The van der Waals surface area contributed by atoms with E-state index in [1.807, 2.05) is 38.4 Å². The average molecular weight is 284 g/mol. The first-order valence-electron chi connectivity index (χ1n) is 6.24. The van der Waals surface area contributed by atoms with Crippen molar-refractivity contribution in [2.75, 3.05) is 26.5 Å². The molecule has 1 aromatic carbocycles. The lowest BCUT2D eigenvalue weighted by molar-refractivity contribution is 0.415. The van der Waals surface area contributed by atoms with Crippen LogP contribution in [0.2, 0.25) is 0 Å². The predicted octanol–water partition coefficient (Wildman–Crippen LogP) is 2.25. The number of H-pyrrole nitrogens is 1. The molecule has 0 aliphatic rings. The SMILES string of the molecule is COc1cccc(Nc2[nH]nc(N=CN(C)C)c2C#N)c1. The zero-order chi connectivity index (χ0) is 15.2. The third-order valence-corrected chi connectivity index (χ3v) is 2.61. The molecule has 0 aliphatic heterocycles. The van der Waals surface area contributed by atoms with E-state index in [0.717, 1.165) is 11.4 Å². The van der Waals surface area contributed by atoms with Crippen LogP contribution in [-0.4, -0.2) is 42.6 Å². The fourth-order valence-electron chi connectivity index (χ4n) is 1.64. The standard InChI is InChI=1S/C14H16N6O/c1-20(2)9-16-13-12(8-15)14(19-18-13)17-10-5-4-6-11(7-10)21-3/h4-7,9H,1-3H3,(H2,17,18,19). The monoisotopic (exact) mass is 284 g/mol. The molecular weight excluding hydrogens is 268 g/mol. The fourth-order valence-corrected chi connectivity index (χ4v) is 1.64. The molecule has 2 N–H and O–H groups in total. The van der Waals surface area contributed by atoms with Crippen molar-refractivity contribution in [3.63, 3.8) is 0 Å². The molecule has 0 fully saturated rings. The van der Waals surface area contributed by atoms with E-state index in [0.29, 0.717) is 17.2 Å². The number of hydrogen-bond donors (Lipinski definition) is 2. The summed E-state index contributed by atoms with van der Waals surface area (Å²) >= 11 is 0. The third kappa shape index (κ3) is 3.51. The van der Waals surface area contributed by atoms with Gasteiger partial charge in [0.2, 0.25) is 0 Å². The van der Waals surface area contributed by atoms with E-state index >= 15 is 0 Å². The number of ether oxygens (including phenoxy) is 1. The molecular formula is C14H16N6O. The lowest BCUT2D eigenvalue weighted by Gasteiger charge is -2.06. The number of aromatic amines is 1. The van der Waals surface area contributed by atoms with Gasteiger partial charge in [-0.15, -0.1) is 0 Å². The van der Waals surface area contributed by atoms with Crippen LogP contribution in [0.25, 0.3) is 0 Å². The van der Waals surface area contributed by atoms with Crippen LogP contribution in [0.1, 0.15) is 5.56 Å². The van der Waals surface area contributed by atoms with Crippen LogP contribution in [0.3, 0.4) is 0 Å². The van der Waals surface area contributed by atoms with Gasteiger partial charge in [-0.25, -0.2) is 4.99 Å². The van der Waals surface area contributed by atoms with Gasteiger partial charge in [0, 0.05) is 25.8 Å². The van der Waals surface area contributed by atoms with Crippen molar-refractivity contribution in [1.29, 1.82) is 5.26 Å². The highest BCUT2D eigenvalue weighted by molar-refractivity contribution is 5.71. The molecule has 2 aromatic rings. The molecule has 0 atom stereocenters. The van der Waals surface area contributed by atoms with Crippen molar-refractivity contribution in [2.24, 2.45) is 4.99 Å². The number of nitrogens with zero attached hydrogens (tertiary/aromatic N) is 4. The van der Waals surface area contributed by atoms with Crippen LogP contribution < -0.4 is 10.1 Å². The highest BCUT2D eigenvalue weighted by atomic mass is 16.5. The molecule has 1 heterocycles. The first-order valence-corrected chi connectivity index (χ1v) is 6.24. The molecule has 0 radical (unpaired) electrons. The van der Waals surface area contributed by atoms with Crippen molar-refractivity contribution >= 4 is 23.7 Å². The highest BCUT2D eigenvalue weighted by Gasteiger charge is 2.12. The molecule has 0 unspecified atom stereocenters. The number of aromatic nitrogens is 2. The summed E-state index contributed by atoms with van der Waals surface area (Å²) < 4.78 is 5.16. The van der Waals surface area contributed by atoms with Gasteiger partial charge < -0.3 is 15.0 Å². The van der Waals surface area contributed by atoms with E-state index in [9.17, 15) is 5.26 Å². The number of nitrogens with one attached hydrogen (secondary N) is 2. The van der Waals surface area contributed by atoms with E-state index in [1.54, 1.807) is 18.3 Å². The zero-order valence-electron chi connectivity index (χ0n) is 12.1. The maximum atomic E-state index is 9.27. The first kappa shape index (κ1) is 14.4. The summed E-state index contributed by atoms with van der Waals surface area (Å²) in [5.74, 6) is 1.57. The van der Waals surface area contributed by atoms with Crippen LogP contribution in [0.5, 0.6) is 5.75 Å². The maximum Gasteiger partial charge on any atom is 0.195 e. The summed E-state index contributed by atoms with van der Waals surface area (Å²) in [5.41, 5.74) is 1.15. The third-order valence-electron chi connectivity index (χ3n) is 2.61. The molecule has 108 valence electrons. The van der Waals surface area contributed by atoms with Gasteiger partial charge in [0.25, 0.3) is 0 Å². The Morgan fingerprint density at radius 3 is 2.95 bits per heavy atom. The second kappa shape index (κ2) is 6.43. The van der Waals surface area contributed by atoms with Crippen molar-refractivity contribution in [3.8, 4) is 11.8 Å². The largest absolute Gasteiger partial charge is 0.497 e. The van der Waals surface area contributed by atoms with Crippen LogP contribution in [0, 0.1) is 11.3 Å². The second-order valence-corrected chi connectivity index (χ2v) is 4.47. The van der Waals surface area contributed by atoms with Crippen molar-refractivity contribution < 1.29 is 4.74 Å². The maximum absolute atomic E-state index is 9.27. The fraction of sp³-hybridized carbons (Fsp3) is 0.214. The van der Waals surface area contributed by atoms with Gasteiger partial charge in [0.15, 0.2) is 5.82 Å². The minimum atomic E-state index is 0.344. The minimum absolute atomic E-state index is 0.344. The van der Waals surface area contributed by atoms with Gasteiger partial charge in [-0.3, -0.25) is 5.10 Å². The molecule has 21 heavy (non-hydrogen) atoms. The highest BCUT2D eigenvalue weighted by Crippen LogP contribution is 2.26. The summed E-state index contributed by atoms with van der Waals surface area (Å²) in [6.07, 6.45) is 1.59. The van der Waals surface area contributed by atoms with Crippen molar-refractivity contribution in [1.82, 2.24) is 15.1 Å². The van der Waals surface area contributed by atoms with Crippen LogP contribution in [-0.2, 0) is 0 Å². The van der Waals surface area contributed by atoms with E-state index in [4.69, 9.17) is 4.74 Å². The molecule has 0 saturated heterocycles. The Hall–Kier alpha value is -3.01. The molecule has 0 spiro atoms. The number of anilines is 2. The Morgan fingerprint density at radius 1 is 1.48 bits per heavy atom. The molecule has 2 rings (SSSR count). The normalized spacial score (nSPS) is 10.4. The van der Waals surface area contributed by atoms with E-state index in [-0.39, 0.29) is 0 Å². The molecule has 7 nitrogen and oxygen atoms in total. The number of hydrogen-bond acceptors (Lipinski definition) is 5. The number of benzene rings is 1.